The second kappa shape index (κ2) is 7.13. The zero-order chi connectivity index (χ0) is 19.0. The fourth-order valence-electron chi connectivity index (χ4n) is 2.63. The Balaban J connectivity index is 1.65. The first-order chi connectivity index (χ1) is 13.0. The number of ether oxygens (including phenoxy) is 1. The third kappa shape index (κ3) is 3.58. The quantitative estimate of drug-likeness (QED) is 0.456. The van der Waals surface area contributed by atoms with Gasteiger partial charge >= 0.3 is 5.63 Å². The van der Waals surface area contributed by atoms with Crippen LogP contribution < -0.4 is 15.7 Å². The standard InChI is InChI=1S/C19H13BrN2O4S/c1-2-25-12-4-5-14-16(9-12)27-19(21-14)22-17(23)13-8-10-7-11(20)3-6-15(10)26-18(13)24/h3-9H,2H2,1H3,(H,21,22,23). The summed E-state index contributed by atoms with van der Waals surface area (Å²) in [7, 11) is 0. The molecule has 6 nitrogen and oxygen atoms in total. The lowest BCUT2D eigenvalue weighted by molar-refractivity contribution is 0.102. The molecule has 0 aliphatic carbocycles. The summed E-state index contributed by atoms with van der Waals surface area (Å²) in [6, 6.07) is 12.3. The van der Waals surface area contributed by atoms with E-state index < -0.39 is 11.5 Å². The van der Waals surface area contributed by atoms with Gasteiger partial charge in [-0.1, -0.05) is 27.3 Å². The predicted molar refractivity (Wildman–Crippen MR) is 109 cm³/mol. The molecule has 0 aliphatic rings. The molecule has 0 bridgehead atoms. The second-order valence-electron chi connectivity index (χ2n) is 5.67. The maximum atomic E-state index is 12.6. The molecule has 8 heteroatoms. The maximum absolute atomic E-state index is 12.6. The summed E-state index contributed by atoms with van der Waals surface area (Å²) in [6.07, 6.45) is 0. The summed E-state index contributed by atoms with van der Waals surface area (Å²) >= 11 is 4.67. The molecule has 2 aromatic heterocycles. The van der Waals surface area contributed by atoms with Crippen molar-refractivity contribution in [2.24, 2.45) is 0 Å². The molecule has 1 amide bonds. The number of nitrogens with one attached hydrogen (secondary N) is 1. The van der Waals surface area contributed by atoms with Gasteiger partial charge in [0.15, 0.2) is 5.13 Å². The van der Waals surface area contributed by atoms with Gasteiger partial charge in [0.05, 0.1) is 16.8 Å². The smallest absolute Gasteiger partial charge is 0.349 e. The molecule has 2 aromatic carbocycles. The van der Waals surface area contributed by atoms with Crippen molar-refractivity contribution in [2.45, 2.75) is 6.92 Å². The summed E-state index contributed by atoms with van der Waals surface area (Å²) in [6.45, 7) is 2.48. The average molecular weight is 445 g/mol. The van der Waals surface area contributed by atoms with Crippen molar-refractivity contribution in [2.75, 3.05) is 11.9 Å². The minimum Gasteiger partial charge on any atom is -0.494 e. The highest BCUT2D eigenvalue weighted by Crippen LogP contribution is 2.29. The molecule has 27 heavy (non-hydrogen) atoms. The summed E-state index contributed by atoms with van der Waals surface area (Å²) < 4.78 is 12.4. The number of nitrogens with zero attached hydrogens (tertiary/aromatic N) is 1. The van der Waals surface area contributed by atoms with Crippen molar-refractivity contribution in [3.8, 4) is 5.75 Å². The van der Waals surface area contributed by atoms with Crippen LogP contribution in [0.2, 0.25) is 0 Å². The van der Waals surface area contributed by atoms with Crippen molar-refractivity contribution in [1.29, 1.82) is 0 Å². The highest BCUT2D eigenvalue weighted by atomic mass is 79.9. The summed E-state index contributed by atoms with van der Waals surface area (Å²) in [5, 5.41) is 3.73. The first-order valence-electron chi connectivity index (χ1n) is 8.11. The largest absolute Gasteiger partial charge is 0.494 e. The molecule has 1 N–H and O–H groups in total. The van der Waals surface area contributed by atoms with E-state index in [1.54, 1.807) is 18.2 Å². The topological polar surface area (TPSA) is 81.4 Å². The molecular weight excluding hydrogens is 432 g/mol. The monoisotopic (exact) mass is 444 g/mol. The number of hydrogen-bond acceptors (Lipinski definition) is 6. The number of fused-ring (bicyclic) bond motifs is 2. The molecule has 0 saturated carbocycles. The molecule has 0 radical (unpaired) electrons. The summed E-state index contributed by atoms with van der Waals surface area (Å²) in [5.41, 5.74) is 0.397. The van der Waals surface area contributed by atoms with Crippen molar-refractivity contribution >= 4 is 59.5 Å². The van der Waals surface area contributed by atoms with Crippen LogP contribution >= 0.6 is 27.3 Å². The number of halogens is 1. The normalized spacial score (nSPS) is 11.0. The van der Waals surface area contributed by atoms with E-state index >= 15 is 0 Å². The van der Waals surface area contributed by atoms with E-state index in [2.05, 4.69) is 26.2 Å². The molecule has 0 atom stereocenters. The molecule has 0 fully saturated rings. The molecule has 136 valence electrons. The van der Waals surface area contributed by atoms with Gasteiger partial charge in [0.25, 0.3) is 5.91 Å². The van der Waals surface area contributed by atoms with Crippen LogP contribution in [0.15, 0.2) is 56.1 Å². The van der Waals surface area contributed by atoms with Crippen molar-refractivity contribution in [1.82, 2.24) is 4.98 Å². The van der Waals surface area contributed by atoms with E-state index in [0.717, 1.165) is 20.4 Å². The first kappa shape index (κ1) is 17.7. The molecule has 0 spiro atoms. The highest BCUT2D eigenvalue weighted by Gasteiger charge is 2.16. The first-order valence-corrected chi connectivity index (χ1v) is 9.72. The molecule has 2 heterocycles. The average Bonchev–Trinajstić information content (AvgIpc) is 3.03. The van der Waals surface area contributed by atoms with E-state index in [1.165, 1.54) is 17.4 Å². The summed E-state index contributed by atoms with van der Waals surface area (Å²) in [4.78, 5) is 29.1. The fourth-order valence-corrected chi connectivity index (χ4v) is 3.90. The maximum Gasteiger partial charge on any atom is 0.349 e. The molecule has 4 rings (SSSR count). The van der Waals surface area contributed by atoms with E-state index in [9.17, 15) is 9.59 Å². The lowest BCUT2D eigenvalue weighted by Crippen LogP contribution is -2.20. The van der Waals surface area contributed by atoms with Crippen LogP contribution in [-0.2, 0) is 0 Å². The van der Waals surface area contributed by atoms with E-state index in [-0.39, 0.29) is 5.56 Å². The third-order valence-corrected chi connectivity index (χ3v) is 5.26. The third-order valence-electron chi connectivity index (χ3n) is 3.83. The van der Waals surface area contributed by atoms with Crippen LogP contribution in [-0.4, -0.2) is 17.5 Å². The number of carbonyl (C=O) groups is 1. The number of aromatic nitrogens is 1. The molecule has 4 aromatic rings. The Morgan fingerprint density at radius 1 is 1.26 bits per heavy atom. The zero-order valence-corrected chi connectivity index (χ0v) is 16.5. The van der Waals surface area contributed by atoms with Gasteiger partial charge in [0.1, 0.15) is 16.9 Å². The van der Waals surface area contributed by atoms with Crippen LogP contribution in [0.1, 0.15) is 17.3 Å². The molecule has 0 aliphatic heterocycles. The van der Waals surface area contributed by atoms with E-state index in [0.29, 0.717) is 22.7 Å². The van der Waals surface area contributed by atoms with Gasteiger partial charge in [0, 0.05) is 9.86 Å². The van der Waals surface area contributed by atoms with Gasteiger partial charge in [-0.2, -0.15) is 0 Å². The van der Waals surface area contributed by atoms with E-state index in [4.69, 9.17) is 9.15 Å². The Kier molecular flexibility index (Phi) is 4.67. The molecule has 0 unspecified atom stereocenters. The highest BCUT2D eigenvalue weighted by molar-refractivity contribution is 9.10. The van der Waals surface area contributed by atoms with Crippen molar-refractivity contribution in [3.63, 3.8) is 0 Å². The van der Waals surface area contributed by atoms with Crippen LogP contribution in [0.3, 0.4) is 0 Å². The van der Waals surface area contributed by atoms with Crippen LogP contribution in [0, 0.1) is 0 Å². The zero-order valence-electron chi connectivity index (χ0n) is 14.1. The summed E-state index contributed by atoms with van der Waals surface area (Å²) in [5.74, 6) is 0.182. The SMILES string of the molecule is CCOc1ccc2nc(NC(=O)c3cc4cc(Br)ccc4oc3=O)sc2c1. The van der Waals surface area contributed by atoms with Crippen LogP contribution in [0.5, 0.6) is 5.75 Å². The Bertz CT molecular complexity index is 1230. The number of thiazole rings is 1. The van der Waals surface area contributed by atoms with Crippen molar-refractivity contribution in [3.05, 3.63) is 62.9 Å². The van der Waals surface area contributed by atoms with Gasteiger partial charge in [0.2, 0.25) is 0 Å². The lowest BCUT2D eigenvalue weighted by atomic mass is 10.2. The van der Waals surface area contributed by atoms with Crippen LogP contribution in [0.25, 0.3) is 21.2 Å². The number of carbonyl (C=O) groups excluding carboxylic acids is 1. The van der Waals surface area contributed by atoms with Gasteiger partial charge in [-0.05, 0) is 49.4 Å². The number of hydrogen-bond donors (Lipinski definition) is 1. The van der Waals surface area contributed by atoms with Crippen molar-refractivity contribution < 1.29 is 13.9 Å². The predicted octanol–water partition coefficient (Wildman–Crippen LogP) is 4.82. The number of rotatable bonds is 4. The Morgan fingerprint density at radius 2 is 2.11 bits per heavy atom. The van der Waals surface area contributed by atoms with E-state index in [1.807, 2.05) is 25.1 Å². The second-order valence-corrected chi connectivity index (χ2v) is 7.61. The Labute approximate surface area is 165 Å². The van der Waals surface area contributed by atoms with Gasteiger partial charge in [-0.15, -0.1) is 0 Å². The number of amides is 1. The van der Waals surface area contributed by atoms with Gasteiger partial charge in [-0.3, -0.25) is 10.1 Å². The number of anilines is 1. The van der Waals surface area contributed by atoms with Crippen LogP contribution in [0.4, 0.5) is 5.13 Å². The Morgan fingerprint density at radius 3 is 2.93 bits per heavy atom. The molecule has 0 saturated heterocycles. The fraction of sp³-hybridized carbons (Fsp3) is 0.105. The molecular formula is C19H13BrN2O4S. The minimum atomic E-state index is -0.693. The van der Waals surface area contributed by atoms with Gasteiger partial charge < -0.3 is 9.15 Å². The lowest BCUT2D eigenvalue weighted by Gasteiger charge is -2.02. The number of benzene rings is 2. The Hall–Kier alpha value is -2.71. The minimum absolute atomic E-state index is 0.0742. The van der Waals surface area contributed by atoms with Gasteiger partial charge in [-0.25, -0.2) is 9.78 Å².